The highest BCUT2D eigenvalue weighted by molar-refractivity contribution is 6.62. The van der Waals surface area contributed by atoms with Crippen molar-refractivity contribution in [2.45, 2.75) is 38.9 Å². The zero-order valence-electron chi connectivity index (χ0n) is 10.8. The van der Waals surface area contributed by atoms with Crippen LogP contribution in [0.25, 0.3) is 0 Å². The molecule has 1 saturated heterocycles. The molecule has 1 aliphatic rings. The van der Waals surface area contributed by atoms with Crippen LogP contribution in [0.3, 0.4) is 0 Å². The lowest BCUT2D eigenvalue weighted by Gasteiger charge is -2.32. The van der Waals surface area contributed by atoms with Gasteiger partial charge in [0.25, 0.3) is 0 Å². The second-order valence-corrected chi connectivity index (χ2v) is 5.39. The Morgan fingerprint density at radius 2 is 1.50 bits per heavy atom. The molecule has 0 bridgehead atoms. The van der Waals surface area contributed by atoms with Gasteiger partial charge in [-0.05, 0) is 33.8 Å². The van der Waals surface area contributed by atoms with Crippen LogP contribution in [0.4, 0.5) is 8.78 Å². The number of rotatable bonds is 1. The number of phenols is 1. The third kappa shape index (κ3) is 1.89. The maximum Gasteiger partial charge on any atom is 0.497 e. The number of hydrogen-bond acceptors (Lipinski definition) is 3. The summed E-state index contributed by atoms with van der Waals surface area (Å²) in [6.07, 6.45) is 0. The summed E-state index contributed by atoms with van der Waals surface area (Å²) in [6, 6.07) is 2.34. The fourth-order valence-electron chi connectivity index (χ4n) is 1.71. The summed E-state index contributed by atoms with van der Waals surface area (Å²) in [5.41, 5.74) is -1.30. The normalized spacial score (nSPS) is 21.3. The molecule has 1 aliphatic heterocycles. The van der Waals surface area contributed by atoms with E-state index in [1.54, 1.807) is 0 Å². The predicted octanol–water partition coefficient (Wildman–Crippen LogP) is 1.97. The molecule has 0 amide bonds. The Hall–Kier alpha value is -1.14. The number of benzene rings is 1. The van der Waals surface area contributed by atoms with E-state index >= 15 is 0 Å². The van der Waals surface area contributed by atoms with Gasteiger partial charge in [0.2, 0.25) is 0 Å². The number of hydrogen-bond donors (Lipinski definition) is 1. The second kappa shape index (κ2) is 3.93. The van der Waals surface area contributed by atoms with Crippen molar-refractivity contribution >= 4 is 12.6 Å². The predicted molar refractivity (Wildman–Crippen MR) is 63.7 cm³/mol. The highest BCUT2D eigenvalue weighted by atomic mass is 19.2. The lowest BCUT2D eigenvalue weighted by Crippen LogP contribution is -2.41. The molecule has 1 fully saturated rings. The maximum absolute atomic E-state index is 13.7. The second-order valence-electron chi connectivity index (χ2n) is 5.39. The Bertz CT molecular complexity index is 472. The molecule has 0 radical (unpaired) electrons. The first-order valence-electron chi connectivity index (χ1n) is 5.68. The Kier molecular flexibility index (Phi) is 2.90. The van der Waals surface area contributed by atoms with E-state index in [0.29, 0.717) is 0 Å². The molecular formula is C12H15BF2O3. The Labute approximate surface area is 105 Å². The zero-order chi connectivity index (χ0) is 13.7. The molecule has 18 heavy (non-hydrogen) atoms. The highest BCUT2D eigenvalue weighted by Gasteiger charge is 2.52. The van der Waals surface area contributed by atoms with Gasteiger partial charge in [-0.15, -0.1) is 0 Å². The third-order valence-electron chi connectivity index (χ3n) is 3.60. The van der Waals surface area contributed by atoms with Crippen LogP contribution < -0.4 is 5.46 Å². The maximum atomic E-state index is 13.7. The third-order valence-corrected chi connectivity index (χ3v) is 3.60. The smallest absolute Gasteiger partial charge is 0.497 e. The summed E-state index contributed by atoms with van der Waals surface area (Å²) < 4.78 is 38.2. The topological polar surface area (TPSA) is 38.7 Å². The summed E-state index contributed by atoms with van der Waals surface area (Å²) in [5, 5.41) is 9.08. The molecule has 6 heteroatoms. The fraction of sp³-hybridized carbons (Fsp3) is 0.500. The first kappa shape index (κ1) is 13.3. The van der Waals surface area contributed by atoms with Gasteiger partial charge < -0.3 is 14.4 Å². The van der Waals surface area contributed by atoms with Crippen LogP contribution in [0.5, 0.6) is 5.75 Å². The summed E-state index contributed by atoms with van der Waals surface area (Å²) in [7, 11) is -0.981. The van der Waals surface area contributed by atoms with E-state index in [9.17, 15) is 8.78 Å². The minimum absolute atomic E-state index is 0.0519. The largest absolute Gasteiger partial charge is 0.505 e. The first-order valence-corrected chi connectivity index (χ1v) is 5.68. The molecule has 1 aromatic rings. The van der Waals surface area contributed by atoms with Crippen molar-refractivity contribution in [2.24, 2.45) is 0 Å². The molecule has 0 saturated carbocycles. The lowest BCUT2D eigenvalue weighted by molar-refractivity contribution is 0.00578. The van der Waals surface area contributed by atoms with Crippen molar-refractivity contribution < 1.29 is 23.2 Å². The molecule has 3 nitrogen and oxygen atoms in total. The summed E-state index contributed by atoms with van der Waals surface area (Å²) in [4.78, 5) is 0. The van der Waals surface area contributed by atoms with Gasteiger partial charge >= 0.3 is 7.12 Å². The van der Waals surface area contributed by atoms with Crippen molar-refractivity contribution in [3.8, 4) is 5.75 Å². The zero-order valence-corrected chi connectivity index (χ0v) is 10.8. The molecule has 1 heterocycles. The van der Waals surface area contributed by atoms with E-state index in [1.807, 2.05) is 27.7 Å². The Morgan fingerprint density at radius 3 is 2.00 bits per heavy atom. The summed E-state index contributed by atoms with van der Waals surface area (Å²) in [5.74, 6) is -3.16. The summed E-state index contributed by atoms with van der Waals surface area (Å²) >= 11 is 0. The van der Waals surface area contributed by atoms with Gasteiger partial charge in [-0.25, -0.2) is 4.39 Å². The van der Waals surface area contributed by atoms with Gasteiger partial charge in [-0.2, -0.15) is 4.39 Å². The van der Waals surface area contributed by atoms with Crippen molar-refractivity contribution in [1.82, 2.24) is 0 Å². The van der Waals surface area contributed by atoms with Gasteiger partial charge in [-0.1, -0.05) is 6.07 Å². The molecule has 1 aromatic carbocycles. The van der Waals surface area contributed by atoms with Gasteiger partial charge in [0.1, 0.15) is 0 Å². The van der Waals surface area contributed by atoms with Crippen molar-refractivity contribution in [3.63, 3.8) is 0 Å². The van der Waals surface area contributed by atoms with E-state index in [1.165, 1.54) is 6.07 Å². The van der Waals surface area contributed by atoms with E-state index in [0.717, 1.165) is 6.07 Å². The van der Waals surface area contributed by atoms with Crippen LogP contribution in [0.2, 0.25) is 0 Å². The highest BCUT2D eigenvalue weighted by Crippen LogP contribution is 2.36. The average molecular weight is 256 g/mol. The van der Waals surface area contributed by atoms with Crippen LogP contribution in [0, 0.1) is 11.6 Å². The van der Waals surface area contributed by atoms with E-state index in [4.69, 9.17) is 14.4 Å². The minimum Gasteiger partial charge on any atom is -0.505 e. The summed E-state index contributed by atoms with van der Waals surface area (Å²) in [6.45, 7) is 7.28. The first-order chi connectivity index (χ1) is 8.16. The van der Waals surface area contributed by atoms with Crippen LogP contribution in [-0.2, 0) is 9.31 Å². The molecule has 0 unspecified atom stereocenters. The lowest BCUT2D eigenvalue weighted by atomic mass is 9.78. The molecule has 0 spiro atoms. The van der Waals surface area contributed by atoms with Gasteiger partial charge in [0.15, 0.2) is 17.4 Å². The molecule has 0 aromatic heterocycles. The van der Waals surface area contributed by atoms with Crippen LogP contribution >= 0.6 is 0 Å². The molecule has 98 valence electrons. The van der Waals surface area contributed by atoms with Crippen molar-refractivity contribution in [3.05, 3.63) is 23.8 Å². The fourth-order valence-corrected chi connectivity index (χ4v) is 1.71. The van der Waals surface area contributed by atoms with Crippen molar-refractivity contribution in [1.29, 1.82) is 0 Å². The molecule has 0 aliphatic carbocycles. The monoisotopic (exact) mass is 256 g/mol. The van der Waals surface area contributed by atoms with Gasteiger partial charge in [0.05, 0.1) is 11.2 Å². The van der Waals surface area contributed by atoms with Gasteiger partial charge in [0, 0.05) is 5.46 Å². The average Bonchev–Trinajstić information content (AvgIpc) is 2.45. The quantitative estimate of drug-likeness (QED) is 0.780. The van der Waals surface area contributed by atoms with E-state index < -0.39 is 35.7 Å². The Balaban J connectivity index is 2.39. The number of aromatic hydroxyl groups is 1. The Morgan fingerprint density at radius 1 is 1.00 bits per heavy atom. The molecule has 2 rings (SSSR count). The number of halogens is 2. The molecule has 1 N–H and O–H groups in total. The standard InChI is InChI=1S/C12H15BF2O3/c1-11(2)12(3,4)18-13(17-11)7-5-6-8(16)10(15)9(7)14/h5-6,16H,1-4H3. The van der Waals surface area contributed by atoms with Crippen molar-refractivity contribution in [2.75, 3.05) is 0 Å². The van der Waals surface area contributed by atoms with Crippen LogP contribution in [0.1, 0.15) is 27.7 Å². The number of phenolic OH excluding ortho intramolecular Hbond substituents is 1. The molecular weight excluding hydrogens is 241 g/mol. The van der Waals surface area contributed by atoms with E-state index in [2.05, 4.69) is 0 Å². The minimum atomic E-state index is -1.29. The van der Waals surface area contributed by atoms with Crippen LogP contribution in [0.15, 0.2) is 12.1 Å². The SMILES string of the molecule is CC1(C)OB(c2ccc(O)c(F)c2F)OC1(C)C. The van der Waals surface area contributed by atoms with E-state index in [-0.39, 0.29) is 5.46 Å². The van der Waals surface area contributed by atoms with Crippen LogP contribution in [-0.4, -0.2) is 23.4 Å². The molecule has 0 atom stereocenters. The van der Waals surface area contributed by atoms with Gasteiger partial charge in [-0.3, -0.25) is 0 Å².